The van der Waals surface area contributed by atoms with E-state index in [1.807, 2.05) is 0 Å². The Hall–Kier alpha value is -1.92. The van der Waals surface area contributed by atoms with Gasteiger partial charge in [0.2, 0.25) is 17.7 Å². The van der Waals surface area contributed by atoms with E-state index in [1.54, 1.807) is 0 Å². The van der Waals surface area contributed by atoms with Crippen LogP contribution >= 0.6 is 0 Å². The van der Waals surface area contributed by atoms with E-state index in [9.17, 15) is 19.2 Å². The third kappa shape index (κ3) is 2.81. The molecule has 0 N–H and O–H groups in total. The summed E-state index contributed by atoms with van der Waals surface area (Å²) in [6.07, 6.45) is 1.86. The van der Waals surface area contributed by atoms with Gasteiger partial charge in [-0.25, -0.2) is 4.79 Å². The van der Waals surface area contributed by atoms with Crippen molar-refractivity contribution in [2.75, 3.05) is 20.2 Å². The number of rotatable bonds is 4. The molecular formula is C13H18N2O5. The van der Waals surface area contributed by atoms with Crippen molar-refractivity contribution < 1.29 is 23.9 Å². The minimum Gasteiger partial charge on any atom is -0.467 e. The van der Waals surface area contributed by atoms with E-state index in [0.717, 1.165) is 11.3 Å². The Bertz CT molecular complexity index is 432. The lowest BCUT2D eigenvalue weighted by atomic mass is 10.2. The number of esters is 1. The second-order valence-electron chi connectivity index (χ2n) is 4.96. The molecule has 0 radical (unpaired) electrons. The monoisotopic (exact) mass is 282 g/mol. The van der Waals surface area contributed by atoms with Gasteiger partial charge in [0.05, 0.1) is 7.11 Å². The number of imide groups is 1. The van der Waals surface area contributed by atoms with Crippen LogP contribution in [-0.2, 0) is 23.9 Å². The topological polar surface area (TPSA) is 84.0 Å². The van der Waals surface area contributed by atoms with Crippen LogP contribution in [-0.4, -0.2) is 59.7 Å². The molecule has 2 aliphatic rings. The van der Waals surface area contributed by atoms with Crippen LogP contribution in [0.5, 0.6) is 0 Å². The quantitative estimate of drug-likeness (QED) is 0.521. The molecule has 1 unspecified atom stereocenters. The Kier molecular flexibility index (Phi) is 4.36. The zero-order valence-electron chi connectivity index (χ0n) is 11.5. The first-order valence-corrected chi connectivity index (χ1v) is 6.75. The molecule has 2 aliphatic heterocycles. The van der Waals surface area contributed by atoms with Crippen molar-refractivity contribution in [3.63, 3.8) is 0 Å². The number of likely N-dealkylation sites (tertiary alicyclic amines) is 2. The maximum atomic E-state index is 12.1. The number of carbonyl (C=O) groups excluding carboxylic acids is 4. The van der Waals surface area contributed by atoms with E-state index in [4.69, 9.17) is 0 Å². The molecule has 0 saturated carbocycles. The highest BCUT2D eigenvalue weighted by Crippen LogP contribution is 2.20. The van der Waals surface area contributed by atoms with Crippen molar-refractivity contribution in [3.8, 4) is 0 Å². The summed E-state index contributed by atoms with van der Waals surface area (Å²) >= 11 is 0. The normalized spacial score (nSPS) is 22.6. The first-order chi connectivity index (χ1) is 9.54. The first-order valence-electron chi connectivity index (χ1n) is 6.75. The maximum Gasteiger partial charge on any atom is 0.328 e. The lowest BCUT2D eigenvalue weighted by Crippen LogP contribution is -2.42. The standard InChI is InChI=1S/C13H18N2O5/c1-20-13(19)9-3-2-7-14(9)12(18)6-8-15-10(16)4-5-11(15)17/h9H,2-8H2,1H3. The van der Waals surface area contributed by atoms with Crippen molar-refractivity contribution in [2.24, 2.45) is 0 Å². The second kappa shape index (κ2) is 6.02. The molecule has 110 valence electrons. The van der Waals surface area contributed by atoms with Crippen LogP contribution in [0.1, 0.15) is 32.1 Å². The molecule has 0 aromatic carbocycles. The Morgan fingerprint density at radius 2 is 1.90 bits per heavy atom. The van der Waals surface area contributed by atoms with Crippen LogP contribution in [0.25, 0.3) is 0 Å². The number of hydrogen-bond donors (Lipinski definition) is 0. The molecule has 0 spiro atoms. The van der Waals surface area contributed by atoms with Crippen LogP contribution in [0, 0.1) is 0 Å². The van der Waals surface area contributed by atoms with E-state index in [-0.39, 0.29) is 43.5 Å². The van der Waals surface area contributed by atoms with Crippen molar-refractivity contribution >= 4 is 23.7 Å². The number of carbonyl (C=O) groups is 4. The van der Waals surface area contributed by atoms with Gasteiger partial charge >= 0.3 is 5.97 Å². The Morgan fingerprint density at radius 1 is 1.25 bits per heavy atom. The predicted octanol–water partition coefficient (Wildman–Crippen LogP) is -0.310. The third-order valence-corrected chi connectivity index (χ3v) is 3.75. The average Bonchev–Trinajstić information content (AvgIpc) is 3.04. The number of ether oxygens (including phenoxy) is 1. The number of hydrogen-bond acceptors (Lipinski definition) is 5. The molecule has 0 aromatic heterocycles. The molecule has 0 aliphatic carbocycles. The zero-order chi connectivity index (χ0) is 14.7. The van der Waals surface area contributed by atoms with E-state index in [2.05, 4.69) is 4.74 Å². The van der Waals surface area contributed by atoms with E-state index in [0.29, 0.717) is 13.0 Å². The van der Waals surface area contributed by atoms with Gasteiger partial charge in [-0.15, -0.1) is 0 Å². The summed E-state index contributed by atoms with van der Waals surface area (Å²) in [6, 6.07) is -0.530. The Balaban J connectivity index is 1.90. The fourth-order valence-corrected chi connectivity index (χ4v) is 2.67. The Morgan fingerprint density at radius 3 is 2.50 bits per heavy atom. The summed E-state index contributed by atoms with van der Waals surface area (Å²) < 4.78 is 4.68. The summed E-state index contributed by atoms with van der Waals surface area (Å²) in [5, 5.41) is 0. The summed E-state index contributed by atoms with van der Waals surface area (Å²) in [5.41, 5.74) is 0. The van der Waals surface area contributed by atoms with Crippen LogP contribution in [0.2, 0.25) is 0 Å². The lowest BCUT2D eigenvalue weighted by Gasteiger charge is -2.23. The smallest absolute Gasteiger partial charge is 0.328 e. The minimum absolute atomic E-state index is 0.0605. The van der Waals surface area contributed by atoms with Crippen molar-refractivity contribution in [1.29, 1.82) is 0 Å². The van der Waals surface area contributed by atoms with Crippen molar-refractivity contribution in [3.05, 3.63) is 0 Å². The maximum absolute atomic E-state index is 12.1. The molecule has 7 nitrogen and oxygen atoms in total. The van der Waals surface area contributed by atoms with Gasteiger partial charge in [-0.05, 0) is 12.8 Å². The third-order valence-electron chi connectivity index (χ3n) is 3.75. The van der Waals surface area contributed by atoms with Crippen molar-refractivity contribution in [1.82, 2.24) is 9.80 Å². The molecule has 0 aromatic rings. The molecule has 2 saturated heterocycles. The summed E-state index contributed by atoms with van der Waals surface area (Å²) in [5.74, 6) is -1.09. The number of methoxy groups -OCH3 is 1. The van der Waals surface area contributed by atoms with Gasteiger partial charge in [0.1, 0.15) is 6.04 Å². The molecule has 1 atom stereocenters. The van der Waals surface area contributed by atoms with Gasteiger partial charge < -0.3 is 9.64 Å². The zero-order valence-corrected chi connectivity index (χ0v) is 11.5. The van der Waals surface area contributed by atoms with E-state index < -0.39 is 12.0 Å². The summed E-state index contributed by atoms with van der Waals surface area (Å²) in [4.78, 5) is 49.2. The van der Waals surface area contributed by atoms with E-state index in [1.165, 1.54) is 12.0 Å². The number of nitrogens with zero attached hydrogens (tertiary/aromatic N) is 2. The highest BCUT2D eigenvalue weighted by atomic mass is 16.5. The van der Waals surface area contributed by atoms with Crippen molar-refractivity contribution in [2.45, 2.75) is 38.1 Å². The summed E-state index contributed by atoms with van der Waals surface area (Å²) in [6.45, 7) is 0.612. The average molecular weight is 282 g/mol. The second-order valence-corrected chi connectivity index (χ2v) is 4.96. The first kappa shape index (κ1) is 14.5. The van der Waals surface area contributed by atoms with Crippen LogP contribution in [0.3, 0.4) is 0 Å². The summed E-state index contributed by atoms with van der Waals surface area (Å²) in [7, 11) is 1.30. The highest BCUT2D eigenvalue weighted by molar-refractivity contribution is 6.02. The highest BCUT2D eigenvalue weighted by Gasteiger charge is 2.35. The minimum atomic E-state index is -0.530. The van der Waals surface area contributed by atoms with E-state index >= 15 is 0 Å². The number of amides is 3. The van der Waals surface area contributed by atoms with Crippen LogP contribution in [0.15, 0.2) is 0 Å². The van der Waals surface area contributed by atoms with Gasteiger partial charge in [0.15, 0.2) is 0 Å². The van der Waals surface area contributed by atoms with Gasteiger partial charge in [-0.3, -0.25) is 19.3 Å². The van der Waals surface area contributed by atoms with Crippen LogP contribution in [0.4, 0.5) is 0 Å². The van der Waals surface area contributed by atoms with Gasteiger partial charge in [-0.2, -0.15) is 0 Å². The van der Waals surface area contributed by atoms with Gasteiger partial charge in [0, 0.05) is 32.4 Å². The molecule has 2 fully saturated rings. The molecule has 7 heteroatoms. The fourth-order valence-electron chi connectivity index (χ4n) is 2.67. The van der Waals surface area contributed by atoms with Gasteiger partial charge in [0.25, 0.3) is 0 Å². The SMILES string of the molecule is COC(=O)C1CCCN1C(=O)CCN1C(=O)CCC1=O. The Labute approximate surface area is 116 Å². The lowest BCUT2D eigenvalue weighted by molar-refractivity contribution is -0.151. The molecule has 2 heterocycles. The molecule has 20 heavy (non-hydrogen) atoms. The molecule has 2 rings (SSSR count). The van der Waals surface area contributed by atoms with Crippen LogP contribution < -0.4 is 0 Å². The molecule has 3 amide bonds. The largest absolute Gasteiger partial charge is 0.467 e. The predicted molar refractivity (Wildman–Crippen MR) is 67.3 cm³/mol. The molecular weight excluding hydrogens is 264 g/mol. The fraction of sp³-hybridized carbons (Fsp3) is 0.692. The van der Waals surface area contributed by atoms with Gasteiger partial charge in [-0.1, -0.05) is 0 Å². The molecule has 0 bridgehead atoms.